The second-order valence-electron chi connectivity index (χ2n) is 3.46. The summed E-state index contributed by atoms with van der Waals surface area (Å²) in [5, 5.41) is 7.43. The molecule has 0 aliphatic carbocycles. The molecule has 0 atom stereocenters. The minimum atomic E-state index is -0.368. The number of pyridine rings is 1. The van der Waals surface area contributed by atoms with Gasteiger partial charge in [0, 0.05) is 6.20 Å². The van der Waals surface area contributed by atoms with E-state index in [0.29, 0.717) is 21.5 Å². The van der Waals surface area contributed by atoms with Gasteiger partial charge < -0.3 is 10.5 Å². The molecule has 92 valence electrons. The molecule has 0 amide bonds. The molecule has 2 rings (SSSR count). The summed E-state index contributed by atoms with van der Waals surface area (Å²) < 4.78 is 19.0. The van der Waals surface area contributed by atoms with Crippen molar-refractivity contribution in [3.8, 4) is 11.5 Å². The standard InChI is InChI=1S/C12H9BrFN3O/c13-9-5-7(14)1-2-10(9)18-11-6-17-4-3-8(11)12(15)16/h1-6H,(H3,15,16). The van der Waals surface area contributed by atoms with Crippen molar-refractivity contribution < 1.29 is 9.13 Å². The van der Waals surface area contributed by atoms with Crippen molar-refractivity contribution in [2.45, 2.75) is 0 Å². The Labute approximate surface area is 111 Å². The van der Waals surface area contributed by atoms with E-state index in [9.17, 15) is 4.39 Å². The molecule has 0 aliphatic rings. The number of amidine groups is 1. The topological polar surface area (TPSA) is 72.0 Å². The van der Waals surface area contributed by atoms with Gasteiger partial charge in [-0.05, 0) is 40.2 Å². The van der Waals surface area contributed by atoms with E-state index in [-0.39, 0.29) is 11.7 Å². The van der Waals surface area contributed by atoms with Gasteiger partial charge in [0.25, 0.3) is 0 Å². The lowest BCUT2D eigenvalue weighted by Crippen LogP contribution is -2.12. The SMILES string of the molecule is N=C(N)c1ccncc1Oc1ccc(F)cc1Br. The zero-order valence-corrected chi connectivity index (χ0v) is 10.7. The third-order valence-corrected chi connectivity index (χ3v) is 2.81. The average Bonchev–Trinajstić information content (AvgIpc) is 2.33. The van der Waals surface area contributed by atoms with E-state index in [2.05, 4.69) is 20.9 Å². The van der Waals surface area contributed by atoms with Crippen molar-refractivity contribution in [1.29, 1.82) is 5.41 Å². The van der Waals surface area contributed by atoms with Gasteiger partial charge in [-0.3, -0.25) is 10.4 Å². The highest BCUT2D eigenvalue weighted by Gasteiger charge is 2.10. The lowest BCUT2D eigenvalue weighted by atomic mass is 10.2. The Morgan fingerprint density at radius 3 is 2.78 bits per heavy atom. The number of nitrogen functional groups attached to an aromatic ring is 1. The molecule has 6 heteroatoms. The van der Waals surface area contributed by atoms with Crippen LogP contribution in [0, 0.1) is 11.2 Å². The van der Waals surface area contributed by atoms with Crippen molar-refractivity contribution in [3.05, 3.63) is 52.5 Å². The van der Waals surface area contributed by atoms with Crippen LogP contribution in [0.4, 0.5) is 4.39 Å². The Bertz CT molecular complexity index is 604. The highest BCUT2D eigenvalue weighted by Crippen LogP contribution is 2.31. The molecule has 0 unspecified atom stereocenters. The van der Waals surface area contributed by atoms with Gasteiger partial charge in [-0.25, -0.2) is 4.39 Å². The van der Waals surface area contributed by atoms with Crippen LogP contribution in [-0.4, -0.2) is 10.8 Å². The zero-order valence-electron chi connectivity index (χ0n) is 9.15. The van der Waals surface area contributed by atoms with E-state index in [4.69, 9.17) is 15.9 Å². The first-order chi connectivity index (χ1) is 8.58. The number of hydrogen-bond acceptors (Lipinski definition) is 3. The molecule has 0 spiro atoms. The molecule has 1 aromatic heterocycles. The molecule has 0 fully saturated rings. The predicted molar refractivity (Wildman–Crippen MR) is 69.4 cm³/mol. The van der Waals surface area contributed by atoms with Crippen molar-refractivity contribution in [2.24, 2.45) is 5.73 Å². The number of rotatable bonds is 3. The van der Waals surface area contributed by atoms with Gasteiger partial charge in [-0.1, -0.05) is 0 Å². The molecule has 1 aromatic carbocycles. The molecule has 0 bridgehead atoms. The normalized spacial score (nSPS) is 10.1. The summed E-state index contributed by atoms with van der Waals surface area (Å²) >= 11 is 3.20. The predicted octanol–water partition coefficient (Wildman–Crippen LogP) is 3.06. The average molecular weight is 310 g/mol. The number of aromatic nitrogens is 1. The number of nitrogens with one attached hydrogen (secondary N) is 1. The molecule has 2 aromatic rings. The summed E-state index contributed by atoms with van der Waals surface area (Å²) in [6.07, 6.45) is 2.97. The van der Waals surface area contributed by atoms with Crippen LogP contribution in [0.2, 0.25) is 0 Å². The van der Waals surface area contributed by atoms with E-state index in [0.717, 1.165) is 0 Å². The molecule has 4 nitrogen and oxygen atoms in total. The van der Waals surface area contributed by atoms with Crippen LogP contribution in [0.3, 0.4) is 0 Å². The zero-order chi connectivity index (χ0) is 13.1. The van der Waals surface area contributed by atoms with Crippen LogP contribution < -0.4 is 10.5 Å². The van der Waals surface area contributed by atoms with Gasteiger partial charge in [-0.2, -0.15) is 0 Å². The van der Waals surface area contributed by atoms with Crippen molar-refractivity contribution in [2.75, 3.05) is 0 Å². The first kappa shape index (κ1) is 12.5. The largest absolute Gasteiger partial charge is 0.454 e. The number of nitrogens with zero attached hydrogens (tertiary/aromatic N) is 1. The maximum Gasteiger partial charge on any atom is 0.156 e. The van der Waals surface area contributed by atoms with E-state index in [1.807, 2.05) is 0 Å². The summed E-state index contributed by atoms with van der Waals surface area (Å²) in [5.41, 5.74) is 5.87. The van der Waals surface area contributed by atoms with Crippen LogP contribution in [0.25, 0.3) is 0 Å². The van der Waals surface area contributed by atoms with Gasteiger partial charge in [0.1, 0.15) is 17.4 Å². The van der Waals surface area contributed by atoms with Gasteiger partial charge in [-0.15, -0.1) is 0 Å². The third kappa shape index (κ3) is 2.65. The maximum atomic E-state index is 12.9. The van der Waals surface area contributed by atoms with Gasteiger partial charge in [0.2, 0.25) is 0 Å². The van der Waals surface area contributed by atoms with Gasteiger partial charge in [0.05, 0.1) is 16.2 Å². The number of nitrogens with two attached hydrogens (primary N) is 1. The highest BCUT2D eigenvalue weighted by molar-refractivity contribution is 9.10. The number of hydrogen-bond donors (Lipinski definition) is 2. The molecular weight excluding hydrogens is 301 g/mol. The molecular formula is C12H9BrFN3O. The van der Waals surface area contributed by atoms with Gasteiger partial charge >= 0.3 is 0 Å². The van der Waals surface area contributed by atoms with Gasteiger partial charge in [0.15, 0.2) is 5.75 Å². The fourth-order valence-electron chi connectivity index (χ4n) is 1.36. The minimum absolute atomic E-state index is 0.120. The number of halogens is 2. The van der Waals surface area contributed by atoms with Crippen LogP contribution in [-0.2, 0) is 0 Å². The monoisotopic (exact) mass is 309 g/mol. The molecule has 0 saturated heterocycles. The van der Waals surface area contributed by atoms with Crippen LogP contribution in [0.1, 0.15) is 5.56 Å². The van der Waals surface area contributed by atoms with Crippen LogP contribution in [0.5, 0.6) is 11.5 Å². The number of benzene rings is 1. The van der Waals surface area contributed by atoms with E-state index in [1.54, 1.807) is 6.07 Å². The number of ether oxygens (including phenoxy) is 1. The Kier molecular flexibility index (Phi) is 3.57. The fraction of sp³-hybridized carbons (Fsp3) is 0. The maximum absolute atomic E-state index is 12.9. The molecule has 1 heterocycles. The third-order valence-electron chi connectivity index (χ3n) is 2.19. The van der Waals surface area contributed by atoms with Crippen LogP contribution in [0.15, 0.2) is 41.1 Å². The van der Waals surface area contributed by atoms with E-state index >= 15 is 0 Å². The quantitative estimate of drug-likeness (QED) is 0.676. The van der Waals surface area contributed by atoms with E-state index < -0.39 is 0 Å². The summed E-state index contributed by atoms with van der Waals surface area (Å²) in [6.45, 7) is 0. The van der Waals surface area contributed by atoms with Crippen molar-refractivity contribution in [3.63, 3.8) is 0 Å². The summed E-state index contributed by atoms with van der Waals surface area (Å²) in [7, 11) is 0. The van der Waals surface area contributed by atoms with Crippen LogP contribution >= 0.6 is 15.9 Å². The molecule has 3 N–H and O–H groups in total. The Hall–Kier alpha value is -1.95. The molecule has 0 saturated carbocycles. The minimum Gasteiger partial charge on any atom is -0.454 e. The second-order valence-corrected chi connectivity index (χ2v) is 4.32. The smallest absolute Gasteiger partial charge is 0.156 e. The fourth-order valence-corrected chi connectivity index (χ4v) is 1.79. The summed E-state index contributed by atoms with van der Waals surface area (Å²) in [4.78, 5) is 3.90. The Morgan fingerprint density at radius 1 is 1.33 bits per heavy atom. The lowest BCUT2D eigenvalue weighted by Gasteiger charge is -2.10. The van der Waals surface area contributed by atoms with Crippen molar-refractivity contribution in [1.82, 2.24) is 4.98 Å². The van der Waals surface area contributed by atoms with E-state index in [1.165, 1.54) is 30.6 Å². The lowest BCUT2D eigenvalue weighted by molar-refractivity contribution is 0.474. The van der Waals surface area contributed by atoms with Crippen molar-refractivity contribution >= 4 is 21.8 Å². The molecule has 0 aliphatic heterocycles. The molecule has 0 radical (unpaired) electrons. The second kappa shape index (κ2) is 5.14. The first-order valence-electron chi connectivity index (χ1n) is 4.99. The highest BCUT2D eigenvalue weighted by atomic mass is 79.9. The first-order valence-corrected chi connectivity index (χ1v) is 5.78. The Balaban J connectivity index is 2.37. The summed E-state index contributed by atoms with van der Waals surface area (Å²) in [5.74, 6) is 0.280. The summed E-state index contributed by atoms with van der Waals surface area (Å²) in [6, 6.07) is 5.63. The Morgan fingerprint density at radius 2 is 2.11 bits per heavy atom. The molecule has 18 heavy (non-hydrogen) atoms.